The van der Waals surface area contributed by atoms with Crippen molar-refractivity contribution in [1.82, 2.24) is 5.32 Å². The maximum absolute atomic E-state index is 13.2. The standard InChI is InChI=1S/C12H15ClFNO/c1-3-10(13)7-15-12(16)9-5-4-8(2)11(14)6-9/h4-6,10H,3,7H2,1-2H3,(H,15,16). The van der Waals surface area contributed by atoms with Crippen LogP contribution in [-0.2, 0) is 0 Å². The number of rotatable bonds is 4. The van der Waals surface area contributed by atoms with E-state index in [1.807, 2.05) is 6.92 Å². The van der Waals surface area contributed by atoms with Crippen molar-refractivity contribution >= 4 is 17.5 Å². The average molecular weight is 244 g/mol. The molecule has 4 heteroatoms. The summed E-state index contributed by atoms with van der Waals surface area (Å²) in [7, 11) is 0. The van der Waals surface area contributed by atoms with Crippen LogP contribution in [-0.4, -0.2) is 17.8 Å². The molecule has 0 aromatic heterocycles. The lowest BCUT2D eigenvalue weighted by Crippen LogP contribution is -2.29. The summed E-state index contributed by atoms with van der Waals surface area (Å²) in [4.78, 5) is 11.6. The topological polar surface area (TPSA) is 29.1 Å². The Balaban J connectivity index is 2.63. The van der Waals surface area contributed by atoms with E-state index in [1.165, 1.54) is 6.07 Å². The molecule has 88 valence electrons. The lowest BCUT2D eigenvalue weighted by molar-refractivity contribution is 0.0953. The number of hydrogen-bond donors (Lipinski definition) is 1. The van der Waals surface area contributed by atoms with Crippen LogP contribution in [0.3, 0.4) is 0 Å². The SMILES string of the molecule is CCC(Cl)CNC(=O)c1ccc(C)c(F)c1. The van der Waals surface area contributed by atoms with Gasteiger partial charge in [0.05, 0.1) is 5.38 Å². The van der Waals surface area contributed by atoms with Gasteiger partial charge in [-0.05, 0) is 31.0 Å². The van der Waals surface area contributed by atoms with Gasteiger partial charge in [-0.3, -0.25) is 4.79 Å². The van der Waals surface area contributed by atoms with Crippen molar-refractivity contribution in [2.45, 2.75) is 25.6 Å². The molecule has 16 heavy (non-hydrogen) atoms. The van der Waals surface area contributed by atoms with Crippen molar-refractivity contribution in [3.8, 4) is 0 Å². The van der Waals surface area contributed by atoms with Gasteiger partial charge < -0.3 is 5.32 Å². The summed E-state index contributed by atoms with van der Waals surface area (Å²) in [6, 6.07) is 4.42. The molecule has 0 heterocycles. The molecule has 1 aromatic carbocycles. The van der Waals surface area contributed by atoms with Gasteiger partial charge in [-0.1, -0.05) is 13.0 Å². The fourth-order valence-electron chi connectivity index (χ4n) is 1.18. The van der Waals surface area contributed by atoms with Gasteiger partial charge >= 0.3 is 0 Å². The maximum Gasteiger partial charge on any atom is 0.251 e. The largest absolute Gasteiger partial charge is 0.351 e. The minimum absolute atomic E-state index is 0.0840. The van der Waals surface area contributed by atoms with Crippen LogP contribution in [0.1, 0.15) is 29.3 Å². The summed E-state index contributed by atoms with van der Waals surface area (Å²) >= 11 is 5.86. The van der Waals surface area contributed by atoms with E-state index in [4.69, 9.17) is 11.6 Å². The van der Waals surface area contributed by atoms with Crippen LogP contribution in [0.2, 0.25) is 0 Å². The first-order chi connectivity index (χ1) is 7.54. The highest BCUT2D eigenvalue weighted by Gasteiger charge is 2.09. The molecule has 1 N–H and O–H groups in total. The van der Waals surface area contributed by atoms with E-state index in [9.17, 15) is 9.18 Å². The van der Waals surface area contributed by atoms with Gasteiger partial charge in [0.25, 0.3) is 5.91 Å². The first-order valence-electron chi connectivity index (χ1n) is 5.23. The lowest BCUT2D eigenvalue weighted by atomic mass is 10.1. The van der Waals surface area contributed by atoms with Crippen LogP contribution >= 0.6 is 11.6 Å². The second-order valence-corrected chi connectivity index (χ2v) is 4.30. The third-order valence-electron chi connectivity index (χ3n) is 2.36. The number of aryl methyl sites for hydroxylation is 1. The summed E-state index contributed by atoms with van der Waals surface area (Å²) in [5.41, 5.74) is 0.850. The van der Waals surface area contributed by atoms with Gasteiger partial charge in [0.1, 0.15) is 5.82 Å². The molecule has 1 aromatic rings. The predicted molar refractivity (Wildman–Crippen MR) is 63.4 cm³/mol. The van der Waals surface area contributed by atoms with E-state index in [2.05, 4.69) is 5.32 Å². The summed E-state index contributed by atoms with van der Waals surface area (Å²) in [5.74, 6) is -0.663. The molecule has 0 saturated carbocycles. The number of carbonyl (C=O) groups excluding carboxylic acids is 1. The molecule has 1 unspecified atom stereocenters. The molecule has 2 nitrogen and oxygen atoms in total. The zero-order valence-corrected chi connectivity index (χ0v) is 10.1. The summed E-state index contributed by atoms with van der Waals surface area (Å²) in [6.07, 6.45) is 0.782. The monoisotopic (exact) mass is 243 g/mol. The third-order valence-corrected chi connectivity index (χ3v) is 2.82. The van der Waals surface area contributed by atoms with E-state index >= 15 is 0 Å². The smallest absolute Gasteiger partial charge is 0.251 e. The molecule has 1 amide bonds. The molecule has 0 aliphatic rings. The second kappa shape index (κ2) is 5.85. The van der Waals surface area contributed by atoms with E-state index in [1.54, 1.807) is 19.1 Å². The molecule has 1 atom stereocenters. The van der Waals surface area contributed by atoms with Crippen LogP contribution in [0, 0.1) is 12.7 Å². The number of amides is 1. The van der Waals surface area contributed by atoms with Crippen LogP contribution in [0.4, 0.5) is 4.39 Å². The van der Waals surface area contributed by atoms with Crippen LogP contribution < -0.4 is 5.32 Å². The van der Waals surface area contributed by atoms with Gasteiger partial charge in [0, 0.05) is 12.1 Å². The Morgan fingerprint density at radius 3 is 2.81 bits per heavy atom. The Morgan fingerprint density at radius 2 is 2.25 bits per heavy atom. The first kappa shape index (κ1) is 13.0. The zero-order chi connectivity index (χ0) is 12.1. The van der Waals surface area contributed by atoms with E-state index in [-0.39, 0.29) is 17.1 Å². The molecule has 0 aliphatic heterocycles. The van der Waals surface area contributed by atoms with E-state index < -0.39 is 0 Å². The fraction of sp³-hybridized carbons (Fsp3) is 0.417. The molecule has 0 saturated heterocycles. The zero-order valence-electron chi connectivity index (χ0n) is 9.39. The Hall–Kier alpha value is -1.09. The van der Waals surface area contributed by atoms with Crippen molar-refractivity contribution in [3.05, 3.63) is 35.1 Å². The molecule has 0 aliphatic carbocycles. The Bertz CT molecular complexity index is 381. The molecule has 0 spiro atoms. The number of benzene rings is 1. The highest BCUT2D eigenvalue weighted by molar-refractivity contribution is 6.20. The second-order valence-electron chi connectivity index (χ2n) is 3.68. The predicted octanol–water partition coefficient (Wildman–Crippen LogP) is 2.88. The van der Waals surface area contributed by atoms with Crippen molar-refractivity contribution in [2.75, 3.05) is 6.54 Å². The minimum atomic E-state index is -0.370. The van der Waals surface area contributed by atoms with Crippen molar-refractivity contribution in [1.29, 1.82) is 0 Å². The van der Waals surface area contributed by atoms with Crippen LogP contribution in [0.15, 0.2) is 18.2 Å². The lowest BCUT2D eigenvalue weighted by Gasteiger charge is -2.09. The maximum atomic E-state index is 13.2. The van der Waals surface area contributed by atoms with E-state index in [0.29, 0.717) is 17.7 Å². The van der Waals surface area contributed by atoms with E-state index in [0.717, 1.165) is 6.42 Å². The molecular weight excluding hydrogens is 229 g/mol. The normalized spacial score (nSPS) is 12.2. The van der Waals surface area contributed by atoms with Crippen molar-refractivity contribution in [3.63, 3.8) is 0 Å². The Morgan fingerprint density at radius 1 is 1.56 bits per heavy atom. The van der Waals surface area contributed by atoms with Gasteiger partial charge in [-0.15, -0.1) is 11.6 Å². The summed E-state index contributed by atoms with van der Waals surface area (Å²) < 4.78 is 13.2. The summed E-state index contributed by atoms with van der Waals surface area (Å²) in [6.45, 7) is 3.99. The average Bonchev–Trinajstić information content (AvgIpc) is 2.29. The molecule has 0 radical (unpaired) electrons. The molecular formula is C12H15ClFNO. The highest BCUT2D eigenvalue weighted by Crippen LogP contribution is 2.09. The quantitative estimate of drug-likeness (QED) is 0.810. The molecule has 0 bridgehead atoms. The number of nitrogens with one attached hydrogen (secondary N) is 1. The Kier molecular flexibility index (Phi) is 4.74. The molecule has 1 rings (SSSR count). The van der Waals surface area contributed by atoms with Gasteiger partial charge in [0.2, 0.25) is 0 Å². The number of hydrogen-bond acceptors (Lipinski definition) is 1. The fourth-order valence-corrected chi connectivity index (χ4v) is 1.26. The first-order valence-corrected chi connectivity index (χ1v) is 5.66. The number of halogens is 2. The number of alkyl halides is 1. The van der Waals surface area contributed by atoms with Crippen molar-refractivity contribution < 1.29 is 9.18 Å². The third kappa shape index (κ3) is 3.49. The van der Waals surface area contributed by atoms with Gasteiger partial charge in [-0.2, -0.15) is 0 Å². The Labute approximate surface area is 99.8 Å². The van der Waals surface area contributed by atoms with Gasteiger partial charge in [-0.25, -0.2) is 4.39 Å². The van der Waals surface area contributed by atoms with Gasteiger partial charge in [0.15, 0.2) is 0 Å². The summed E-state index contributed by atoms with van der Waals surface area (Å²) in [5, 5.41) is 2.57. The number of carbonyl (C=O) groups is 1. The van der Waals surface area contributed by atoms with Crippen LogP contribution in [0.25, 0.3) is 0 Å². The van der Waals surface area contributed by atoms with Crippen molar-refractivity contribution in [2.24, 2.45) is 0 Å². The molecule has 0 fully saturated rings. The highest BCUT2D eigenvalue weighted by atomic mass is 35.5. The van der Waals surface area contributed by atoms with Crippen LogP contribution in [0.5, 0.6) is 0 Å². The minimum Gasteiger partial charge on any atom is -0.351 e.